The predicted octanol–water partition coefficient (Wildman–Crippen LogP) is 1.45. The molecule has 2 aromatic rings. The zero-order valence-electron chi connectivity index (χ0n) is 11.7. The molecular weight excluding hydrogens is 313 g/mol. The fourth-order valence-corrected chi connectivity index (χ4v) is 1.61. The highest BCUT2D eigenvalue weighted by molar-refractivity contribution is 5.92. The Kier molecular flexibility index (Phi) is 9.36. The van der Waals surface area contributed by atoms with Crippen molar-refractivity contribution in [3.8, 4) is 5.82 Å². The Balaban J connectivity index is 0.00000200. The molecular formula is C13H19Cl2N5O. The molecule has 0 radical (unpaired) electrons. The predicted molar refractivity (Wildman–Crippen MR) is 86.7 cm³/mol. The van der Waals surface area contributed by atoms with Crippen LogP contribution >= 0.6 is 24.8 Å². The van der Waals surface area contributed by atoms with Gasteiger partial charge in [0, 0.05) is 25.5 Å². The average Bonchev–Trinajstić information content (AvgIpc) is 2.98. The van der Waals surface area contributed by atoms with Gasteiger partial charge in [-0.3, -0.25) is 4.79 Å². The molecule has 0 spiro atoms. The van der Waals surface area contributed by atoms with Crippen molar-refractivity contribution in [2.24, 2.45) is 0 Å². The molecule has 6 nitrogen and oxygen atoms in total. The number of carbonyl (C=O) groups excluding carboxylic acids is 1. The van der Waals surface area contributed by atoms with Crippen molar-refractivity contribution in [1.29, 1.82) is 0 Å². The first-order valence-electron chi connectivity index (χ1n) is 6.27. The maximum absolute atomic E-state index is 11.9. The molecule has 0 aliphatic rings. The summed E-state index contributed by atoms with van der Waals surface area (Å²) in [6, 6.07) is 7.10. The maximum Gasteiger partial charge on any atom is 0.270 e. The molecule has 0 saturated heterocycles. The molecule has 2 aromatic heterocycles. The van der Waals surface area contributed by atoms with Gasteiger partial charge in [-0.15, -0.1) is 24.8 Å². The van der Waals surface area contributed by atoms with Gasteiger partial charge in [0.05, 0.1) is 0 Å². The fraction of sp³-hybridized carbons (Fsp3) is 0.308. The summed E-state index contributed by atoms with van der Waals surface area (Å²) in [5.74, 6) is 0.455. The van der Waals surface area contributed by atoms with E-state index in [-0.39, 0.29) is 30.7 Å². The normalized spacial score (nSPS) is 9.38. The Morgan fingerprint density at radius 2 is 2.05 bits per heavy atom. The van der Waals surface area contributed by atoms with E-state index in [0.717, 1.165) is 13.1 Å². The zero-order chi connectivity index (χ0) is 13.5. The summed E-state index contributed by atoms with van der Waals surface area (Å²) >= 11 is 0. The van der Waals surface area contributed by atoms with Gasteiger partial charge in [0.25, 0.3) is 5.91 Å². The summed E-state index contributed by atoms with van der Waals surface area (Å²) in [5.41, 5.74) is 0.393. The van der Waals surface area contributed by atoms with Crippen molar-refractivity contribution in [3.05, 3.63) is 42.4 Å². The SMILES string of the molecule is CCNCCNC(=O)c1cccc(-n2cccn2)n1.Cl.Cl. The first kappa shape index (κ1) is 19.4. The van der Waals surface area contributed by atoms with Crippen LogP contribution in [0.25, 0.3) is 5.82 Å². The van der Waals surface area contributed by atoms with Crippen LogP contribution in [-0.2, 0) is 0 Å². The summed E-state index contributed by atoms with van der Waals surface area (Å²) in [7, 11) is 0. The van der Waals surface area contributed by atoms with Crippen molar-refractivity contribution in [3.63, 3.8) is 0 Å². The quantitative estimate of drug-likeness (QED) is 0.786. The first-order valence-corrected chi connectivity index (χ1v) is 6.27. The smallest absolute Gasteiger partial charge is 0.270 e. The number of aromatic nitrogens is 3. The van der Waals surface area contributed by atoms with E-state index in [9.17, 15) is 4.79 Å². The minimum Gasteiger partial charge on any atom is -0.349 e. The molecule has 0 unspecified atom stereocenters. The number of amides is 1. The second-order valence-corrected chi connectivity index (χ2v) is 3.94. The van der Waals surface area contributed by atoms with E-state index < -0.39 is 0 Å². The molecule has 0 saturated carbocycles. The monoisotopic (exact) mass is 331 g/mol. The second kappa shape index (κ2) is 10.1. The number of carbonyl (C=O) groups is 1. The summed E-state index contributed by atoms with van der Waals surface area (Å²) in [6.45, 7) is 4.25. The molecule has 8 heteroatoms. The van der Waals surface area contributed by atoms with Gasteiger partial charge in [-0.1, -0.05) is 13.0 Å². The van der Waals surface area contributed by atoms with E-state index in [1.165, 1.54) is 0 Å². The average molecular weight is 332 g/mol. The molecule has 0 aliphatic carbocycles. The van der Waals surface area contributed by atoms with Crippen LogP contribution in [0, 0.1) is 0 Å². The highest BCUT2D eigenvalue weighted by atomic mass is 35.5. The van der Waals surface area contributed by atoms with Crippen LogP contribution in [0.2, 0.25) is 0 Å². The molecule has 0 aliphatic heterocycles. The Bertz CT molecular complexity index is 533. The van der Waals surface area contributed by atoms with Crippen LogP contribution in [0.15, 0.2) is 36.7 Å². The van der Waals surface area contributed by atoms with E-state index in [2.05, 4.69) is 20.7 Å². The van der Waals surface area contributed by atoms with Gasteiger partial charge in [0.15, 0.2) is 5.82 Å². The van der Waals surface area contributed by atoms with Gasteiger partial charge in [0.1, 0.15) is 5.69 Å². The number of nitrogens with one attached hydrogen (secondary N) is 2. The van der Waals surface area contributed by atoms with E-state index in [1.807, 2.05) is 19.1 Å². The van der Waals surface area contributed by atoms with Gasteiger partial charge < -0.3 is 10.6 Å². The second-order valence-electron chi connectivity index (χ2n) is 3.94. The lowest BCUT2D eigenvalue weighted by Gasteiger charge is -2.06. The van der Waals surface area contributed by atoms with Crippen LogP contribution in [0.3, 0.4) is 0 Å². The van der Waals surface area contributed by atoms with Gasteiger partial charge in [-0.25, -0.2) is 9.67 Å². The summed E-state index contributed by atoms with van der Waals surface area (Å²) < 4.78 is 1.62. The fourth-order valence-electron chi connectivity index (χ4n) is 1.61. The maximum atomic E-state index is 11.9. The Labute approximate surface area is 136 Å². The molecule has 2 rings (SSSR count). The van der Waals surface area contributed by atoms with Crippen molar-refractivity contribution < 1.29 is 4.79 Å². The number of likely N-dealkylation sites (N-methyl/N-ethyl adjacent to an activating group) is 1. The molecule has 0 fully saturated rings. The van der Waals surface area contributed by atoms with Crippen LogP contribution < -0.4 is 10.6 Å². The van der Waals surface area contributed by atoms with E-state index in [1.54, 1.807) is 29.2 Å². The van der Waals surface area contributed by atoms with Crippen LogP contribution in [0.1, 0.15) is 17.4 Å². The summed E-state index contributed by atoms with van der Waals surface area (Å²) in [4.78, 5) is 16.2. The zero-order valence-corrected chi connectivity index (χ0v) is 13.3. The molecule has 21 heavy (non-hydrogen) atoms. The van der Waals surface area contributed by atoms with Crippen molar-refractivity contribution >= 4 is 30.7 Å². The number of pyridine rings is 1. The minimum atomic E-state index is -0.174. The first-order chi connectivity index (χ1) is 9.31. The standard InChI is InChI=1S/C13H17N5O.2ClH/c1-2-14-8-9-15-13(19)11-5-3-6-12(17-11)18-10-4-7-16-18;;/h3-7,10,14H,2,8-9H2,1H3,(H,15,19);2*1H. The summed E-state index contributed by atoms with van der Waals surface area (Å²) in [5, 5.41) is 10.0. The lowest BCUT2D eigenvalue weighted by molar-refractivity contribution is 0.0949. The van der Waals surface area contributed by atoms with Crippen LogP contribution in [0.5, 0.6) is 0 Å². The molecule has 2 heterocycles. The number of halogens is 2. The molecule has 0 bridgehead atoms. The lowest BCUT2D eigenvalue weighted by Crippen LogP contribution is -2.32. The van der Waals surface area contributed by atoms with Gasteiger partial charge in [-0.2, -0.15) is 5.10 Å². The number of hydrogen-bond donors (Lipinski definition) is 2. The van der Waals surface area contributed by atoms with Crippen LogP contribution in [-0.4, -0.2) is 40.3 Å². The van der Waals surface area contributed by atoms with E-state index in [4.69, 9.17) is 0 Å². The largest absolute Gasteiger partial charge is 0.349 e. The third-order valence-corrected chi connectivity index (χ3v) is 2.54. The molecule has 0 atom stereocenters. The summed E-state index contributed by atoms with van der Waals surface area (Å²) in [6.07, 6.45) is 3.46. The Hall–Kier alpha value is -1.63. The Morgan fingerprint density at radius 3 is 2.71 bits per heavy atom. The van der Waals surface area contributed by atoms with Gasteiger partial charge >= 0.3 is 0 Å². The lowest BCUT2D eigenvalue weighted by atomic mass is 10.3. The van der Waals surface area contributed by atoms with E-state index >= 15 is 0 Å². The molecule has 2 N–H and O–H groups in total. The third-order valence-electron chi connectivity index (χ3n) is 2.54. The Morgan fingerprint density at radius 1 is 1.24 bits per heavy atom. The minimum absolute atomic E-state index is 0. The van der Waals surface area contributed by atoms with E-state index in [0.29, 0.717) is 18.1 Å². The van der Waals surface area contributed by atoms with Crippen molar-refractivity contribution in [2.75, 3.05) is 19.6 Å². The highest BCUT2D eigenvalue weighted by Crippen LogP contribution is 2.04. The molecule has 0 aromatic carbocycles. The van der Waals surface area contributed by atoms with Gasteiger partial charge in [0.2, 0.25) is 0 Å². The number of rotatable bonds is 6. The molecule has 116 valence electrons. The number of nitrogens with zero attached hydrogens (tertiary/aromatic N) is 3. The van der Waals surface area contributed by atoms with Crippen molar-refractivity contribution in [1.82, 2.24) is 25.4 Å². The highest BCUT2D eigenvalue weighted by Gasteiger charge is 2.07. The van der Waals surface area contributed by atoms with Crippen LogP contribution in [0.4, 0.5) is 0 Å². The van der Waals surface area contributed by atoms with Crippen molar-refractivity contribution in [2.45, 2.75) is 6.92 Å². The van der Waals surface area contributed by atoms with Gasteiger partial charge in [-0.05, 0) is 24.7 Å². The molecule has 1 amide bonds. The third kappa shape index (κ3) is 5.71. The number of hydrogen-bond acceptors (Lipinski definition) is 4. The topological polar surface area (TPSA) is 71.8 Å².